The number of piperazine rings is 1. The first kappa shape index (κ1) is 20.4. The predicted octanol–water partition coefficient (Wildman–Crippen LogP) is 1.81. The van der Waals surface area contributed by atoms with Crippen LogP contribution in [0.25, 0.3) is 0 Å². The zero-order chi connectivity index (χ0) is 21.1. The summed E-state index contributed by atoms with van der Waals surface area (Å²) in [4.78, 5) is 25.1. The van der Waals surface area contributed by atoms with E-state index in [0.29, 0.717) is 17.7 Å². The number of carbonyl (C=O) groups excluding carboxylic acids is 1. The summed E-state index contributed by atoms with van der Waals surface area (Å²) in [5, 5.41) is 2.56. The molecule has 1 aromatic heterocycles. The molecule has 2 aliphatic rings. The highest BCUT2D eigenvalue weighted by Gasteiger charge is 2.25. The number of benzene rings is 1. The molecule has 8 nitrogen and oxygen atoms in total. The van der Waals surface area contributed by atoms with Crippen molar-refractivity contribution in [3.8, 4) is 11.5 Å². The van der Waals surface area contributed by atoms with Gasteiger partial charge in [0.05, 0.1) is 19.0 Å². The smallest absolute Gasteiger partial charge is 0.260 e. The number of ether oxygens (including phenoxy) is 2. The largest absolute Gasteiger partial charge is 0.493 e. The van der Waals surface area contributed by atoms with E-state index in [4.69, 9.17) is 9.47 Å². The molecule has 0 aliphatic carbocycles. The fraction of sp³-hybridized carbons (Fsp3) is 0.500. The molecule has 1 N–H and O–H groups in total. The molecule has 4 rings (SSSR count). The number of fused-ring (bicyclic) bond motifs is 1. The Hall–Kier alpha value is -2.87. The summed E-state index contributed by atoms with van der Waals surface area (Å²) in [5.74, 6) is 2.03. The average molecular weight is 412 g/mol. The molecule has 8 heteroatoms. The lowest BCUT2D eigenvalue weighted by Crippen LogP contribution is -2.47. The molecular formula is C22H29N5O3. The van der Waals surface area contributed by atoms with Crippen LogP contribution in [0.15, 0.2) is 30.6 Å². The number of amides is 1. The molecule has 1 saturated heterocycles. The van der Waals surface area contributed by atoms with E-state index in [1.54, 1.807) is 26.4 Å². The normalized spacial score (nSPS) is 18.3. The van der Waals surface area contributed by atoms with Crippen molar-refractivity contribution in [2.45, 2.75) is 32.4 Å². The Labute approximate surface area is 177 Å². The van der Waals surface area contributed by atoms with E-state index in [9.17, 15) is 4.79 Å². The van der Waals surface area contributed by atoms with E-state index in [1.807, 2.05) is 0 Å². The molecule has 2 aliphatic heterocycles. The molecule has 0 saturated carbocycles. The van der Waals surface area contributed by atoms with E-state index in [0.717, 1.165) is 45.0 Å². The first-order valence-electron chi connectivity index (χ1n) is 10.5. The lowest BCUT2D eigenvalue weighted by molar-refractivity contribution is -0.126. The summed E-state index contributed by atoms with van der Waals surface area (Å²) in [6, 6.07) is 6.96. The fourth-order valence-corrected chi connectivity index (χ4v) is 3.96. The number of aromatic nitrogens is 2. The molecule has 2 aromatic rings. The molecule has 1 fully saturated rings. The van der Waals surface area contributed by atoms with Gasteiger partial charge in [-0.2, -0.15) is 0 Å². The standard InChI is InChI=1S/C22H29N5O3/c1-15(18-5-4-17-6-11-29-20(17)12-18)26-7-9-27(10-8-26)22-24-13-19(14-25-22)30-16(2)21(28)23-3/h4-5,12-16H,6-11H2,1-3H3,(H,23,28)/t15-,16-/m0/s1. The van der Waals surface area contributed by atoms with E-state index in [1.165, 1.54) is 11.1 Å². The number of likely N-dealkylation sites (N-methyl/N-ethyl adjacent to an activating group) is 1. The Bertz CT molecular complexity index is 881. The minimum Gasteiger partial charge on any atom is -0.493 e. The van der Waals surface area contributed by atoms with Crippen LogP contribution >= 0.6 is 0 Å². The van der Waals surface area contributed by atoms with Crippen LogP contribution < -0.4 is 19.7 Å². The van der Waals surface area contributed by atoms with Crippen molar-refractivity contribution in [2.75, 3.05) is 44.7 Å². The summed E-state index contributed by atoms with van der Waals surface area (Å²) in [7, 11) is 1.58. The number of hydrogen-bond donors (Lipinski definition) is 1. The maximum Gasteiger partial charge on any atom is 0.260 e. The molecule has 0 radical (unpaired) electrons. The highest BCUT2D eigenvalue weighted by molar-refractivity contribution is 5.80. The summed E-state index contributed by atoms with van der Waals surface area (Å²) < 4.78 is 11.3. The molecule has 160 valence electrons. The van der Waals surface area contributed by atoms with Crippen LogP contribution in [0.1, 0.15) is 31.0 Å². The molecule has 3 heterocycles. The summed E-state index contributed by atoms with van der Waals surface area (Å²) >= 11 is 0. The van der Waals surface area contributed by atoms with Crippen LogP contribution in [-0.2, 0) is 11.2 Å². The topological polar surface area (TPSA) is 79.8 Å². The Balaban J connectivity index is 1.32. The Morgan fingerprint density at radius 2 is 1.90 bits per heavy atom. The quantitative estimate of drug-likeness (QED) is 0.777. The maximum atomic E-state index is 11.6. The van der Waals surface area contributed by atoms with Gasteiger partial charge < -0.3 is 19.7 Å². The second-order valence-electron chi connectivity index (χ2n) is 7.76. The molecule has 0 spiro atoms. The lowest BCUT2D eigenvalue weighted by atomic mass is 10.0. The van der Waals surface area contributed by atoms with Crippen molar-refractivity contribution >= 4 is 11.9 Å². The van der Waals surface area contributed by atoms with Gasteiger partial charge in [0.15, 0.2) is 11.9 Å². The minimum atomic E-state index is -0.584. The second kappa shape index (κ2) is 8.87. The van der Waals surface area contributed by atoms with E-state index in [-0.39, 0.29) is 5.91 Å². The number of carbonyl (C=O) groups is 1. The van der Waals surface area contributed by atoms with Gasteiger partial charge in [-0.05, 0) is 31.0 Å². The summed E-state index contributed by atoms with van der Waals surface area (Å²) in [6.45, 7) is 8.34. The van der Waals surface area contributed by atoms with E-state index >= 15 is 0 Å². The second-order valence-corrected chi connectivity index (χ2v) is 7.76. The van der Waals surface area contributed by atoms with E-state index < -0.39 is 6.10 Å². The highest BCUT2D eigenvalue weighted by Crippen LogP contribution is 2.31. The third-order valence-electron chi connectivity index (χ3n) is 5.89. The van der Waals surface area contributed by atoms with Gasteiger partial charge in [-0.25, -0.2) is 9.97 Å². The van der Waals surface area contributed by atoms with Crippen LogP contribution in [0, 0.1) is 0 Å². The van der Waals surface area contributed by atoms with Gasteiger partial charge in [0.25, 0.3) is 5.91 Å². The third-order valence-corrected chi connectivity index (χ3v) is 5.89. The van der Waals surface area contributed by atoms with Crippen molar-refractivity contribution < 1.29 is 14.3 Å². The predicted molar refractivity (Wildman–Crippen MR) is 114 cm³/mol. The Kier molecular flexibility index (Phi) is 6.03. The number of hydrogen-bond acceptors (Lipinski definition) is 7. The SMILES string of the molecule is CNC(=O)[C@H](C)Oc1cnc(N2CCN([C@@H](C)c3ccc4c(c3)OCC4)CC2)nc1. The Morgan fingerprint density at radius 3 is 2.60 bits per heavy atom. The highest BCUT2D eigenvalue weighted by atomic mass is 16.5. The van der Waals surface area contributed by atoms with Crippen LogP contribution in [0.4, 0.5) is 5.95 Å². The van der Waals surface area contributed by atoms with E-state index in [2.05, 4.69) is 50.2 Å². The van der Waals surface area contributed by atoms with Crippen LogP contribution in [0.2, 0.25) is 0 Å². The van der Waals surface area contributed by atoms with Crippen molar-refractivity contribution in [3.05, 3.63) is 41.7 Å². The molecule has 0 unspecified atom stereocenters. The molecular weight excluding hydrogens is 382 g/mol. The van der Waals surface area contributed by atoms with Crippen molar-refractivity contribution in [1.82, 2.24) is 20.2 Å². The molecule has 2 atom stereocenters. The van der Waals surface area contributed by atoms with Crippen molar-refractivity contribution in [2.24, 2.45) is 0 Å². The van der Waals surface area contributed by atoms with Crippen LogP contribution in [0.5, 0.6) is 11.5 Å². The minimum absolute atomic E-state index is 0.181. The zero-order valence-electron chi connectivity index (χ0n) is 17.8. The first-order valence-corrected chi connectivity index (χ1v) is 10.5. The number of nitrogens with one attached hydrogen (secondary N) is 1. The number of rotatable bonds is 6. The van der Waals surface area contributed by atoms with Gasteiger partial charge in [-0.3, -0.25) is 9.69 Å². The third kappa shape index (κ3) is 4.33. The summed E-state index contributed by atoms with van der Waals surface area (Å²) in [5.41, 5.74) is 2.61. The van der Waals surface area contributed by atoms with Crippen molar-refractivity contribution in [3.63, 3.8) is 0 Å². The van der Waals surface area contributed by atoms with Crippen molar-refractivity contribution in [1.29, 1.82) is 0 Å². The molecule has 1 aromatic carbocycles. The van der Waals surface area contributed by atoms with Gasteiger partial charge >= 0.3 is 0 Å². The van der Waals surface area contributed by atoms with Gasteiger partial charge in [0.2, 0.25) is 5.95 Å². The molecule has 1 amide bonds. The zero-order valence-corrected chi connectivity index (χ0v) is 17.8. The summed E-state index contributed by atoms with van der Waals surface area (Å²) in [6.07, 6.45) is 3.68. The molecule has 30 heavy (non-hydrogen) atoms. The number of nitrogens with zero attached hydrogens (tertiary/aromatic N) is 4. The van der Waals surface area contributed by atoms with Gasteiger partial charge in [0, 0.05) is 45.7 Å². The number of anilines is 1. The fourth-order valence-electron chi connectivity index (χ4n) is 3.96. The molecule has 0 bridgehead atoms. The Morgan fingerprint density at radius 1 is 1.17 bits per heavy atom. The van der Waals surface area contributed by atoms with Gasteiger partial charge in [-0.15, -0.1) is 0 Å². The lowest BCUT2D eigenvalue weighted by Gasteiger charge is -2.38. The monoisotopic (exact) mass is 411 g/mol. The van der Waals surface area contributed by atoms with Crippen LogP contribution in [-0.4, -0.2) is 66.7 Å². The maximum absolute atomic E-state index is 11.6. The first-order chi connectivity index (χ1) is 14.5. The average Bonchev–Trinajstić information content (AvgIpc) is 3.26. The van der Waals surface area contributed by atoms with Gasteiger partial charge in [0.1, 0.15) is 5.75 Å². The van der Waals surface area contributed by atoms with Gasteiger partial charge in [-0.1, -0.05) is 12.1 Å². The van der Waals surface area contributed by atoms with Crippen LogP contribution in [0.3, 0.4) is 0 Å².